The molecule has 0 saturated heterocycles. The van der Waals surface area contributed by atoms with Gasteiger partial charge in [0.2, 0.25) is 5.91 Å². The van der Waals surface area contributed by atoms with Crippen molar-refractivity contribution in [3.8, 4) is 0 Å². The second-order valence-electron chi connectivity index (χ2n) is 6.17. The molecule has 0 aliphatic rings. The first-order valence-corrected chi connectivity index (χ1v) is 8.22. The van der Waals surface area contributed by atoms with E-state index < -0.39 is 5.41 Å². The first-order valence-electron chi connectivity index (χ1n) is 7.34. The van der Waals surface area contributed by atoms with Crippen molar-refractivity contribution < 1.29 is 4.79 Å². The van der Waals surface area contributed by atoms with Crippen LogP contribution in [-0.2, 0) is 16.6 Å². The number of carbonyl (C=O) groups excluding carboxylic acids is 1. The highest BCUT2D eigenvalue weighted by molar-refractivity contribution is 7.09. The Kier molecular flexibility index (Phi) is 5.32. The summed E-state index contributed by atoms with van der Waals surface area (Å²) in [5.74, 6) is -0.0384. The van der Waals surface area contributed by atoms with Gasteiger partial charge in [0, 0.05) is 23.8 Å². The molecule has 1 heterocycles. The fourth-order valence-corrected chi connectivity index (χ4v) is 2.78. The highest BCUT2D eigenvalue weighted by Crippen LogP contribution is 2.26. The number of nitrogens with one attached hydrogen (secondary N) is 1. The van der Waals surface area contributed by atoms with Gasteiger partial charge in [0.25, 0.3) is 0 Å². The average Bonchev–Trinajstić information content (AvgIpc) is 3.01. The monoisotopic (exact) mass is 317 g/mol. The number of amides is 1. The molecule has 2 rings (SSSR count). The molecule has 22 heavy (non-hydrogen) atoms. The molecule has 0 unspecified atom stereocenters. The van der Waals surface area contributed by atoms with E-state index in [0.717, 1.165) is 23.7 Å². The molecular weight excluding hydrogens is 294 g/mol. The van der Waals surface area contributed by atoms with E-state index >= 15 is 0 Å². The molecular formula is C17H23N3OS. The van der Waals surface area contributed by atoms with Gasteiger partial charge in [0.1, 0.15) is 5.01 Å². The minimum Gasteiger partial charge on any atom is -0.325 e. The summed E-state index contributed by atoms with van der Waals surface area (Å²) in [5, 5.41) is 5.70. The summed E-state index contributed by atoms with van der Waals surface area (Å²) >= 11 is 1.50. The number of nitrogens with zero attached hydrogens (tertiary/aromatic N) is 2. The van der Waals surface area contributed by atoms with Crippen molar-refractivity contribution in [1.29, 1.82) is 0 Å². The fourth-order valence-electron chi connectivity index (χ4n) is 2.02. The van der Waals surface area contributed by atoms with Gasteiger partial charge in [-0.1, -0.05) is 12.1 Å². The van der Waals surface area contributed by atoms with Crippen LogP contribution in [0.5, 0.6) is 0 Å². The van der Waals surface area contributed by atoms with E-state index in [2.05, 4.69) is 41.4 Å². The summed E-state index contributed by atoms with van der Waals surface area (Å²) in [6, 6.07) is 8.05. The highest BCUT2D eigenvalue weighted by atomic mass is 32.1. The number of thiazole rings is 1. The van der Waals surface area contributed by atoms with Crippen LogP contribution in [0.2, 0.25) is 0 Å². The van der Waals surface area contributed by atoms with Crippen LogP contribution in [0.3, 0.4) is 0 Å². The molecule has 0 spiro atoms. The van der Waals surface area contributed by atoms with E-state index in [1.54, 1.807) is 6.20 Å². The second-order valence-corrected chi connectivity index (χ2v) is 7.06. The van der Waals surface area contributed by atoms with Crippen LogP contribution in [0.1, 0.15) is 24.4 Å². The average molecular weight is 317 g/mol. The maximum atomic E-state index is 12.5. The van der Waals surface area contributed by atoms with Crippen molar-refractivity contribution >= 4 is 22.9 Å². The molecule has 0 aliphatic carbocycles. The lowest BCUT2D eigenvalue weighted by molar-refractivity contribution is -0.120. The van der Waals surface area contributed by atoms with Crippen LogP contribution in [0.15, 0.2) is 35.8 Å². The third-order valence-electron chi connectivity index (χ3n) is 3.59. The van der Waals surface area contributed by atoms with Crippen LogP contribution in [-0.4, -0.2) is 36.4 Å². The second kappa shape index (κ2) is 7.03. The Morgan fingerprint density at radius 2 is 1.95 bits per heavy atom. The summed E-state index contributed by atoms with van der Waals surface area (Å²) in [7, 11) is 4.13. The van der Waals surface area contributed by atoms with E-state index in [4.69, 9.17) is 0 Å². The molecule has 0 radical (unpaired) electrons. The first-order chi connectivity index (χ1) is 10.4. The fraction of sp³-hybridized carbons (Fsp3) is 0.412. The molecule has 0 saturated carbocycles. The van der Waals surface area contributed by atoms with Gasteiger partial charge in [-0.05, 0) is 52.1 Å². The molecule has 0 fully saturated rings. The number of rotatable bonds is 6. The Hall–Kier alpha value is -1.72. The first kappa shape index (κ1) is 16.6. The molecule has 1 aromatic heterocycles. The third-order valence-corrected chi connectivity index (χ3v) is 4.69. The van der Waals surface area contributed by atoms with E-state index in [1.807, 2.05) is 31.4 Å². The Morgan fingerprint density at radius 3 is 2.50 bits per heavy atom. The predicted octanol–water partition coefficient (Wildman–Crippen LogP) is 3.16. The third kappa shape index (κ3) is 4.15. The summed E-state index contributed by atoms with van der Waals surface area (Å²) < 4.78 is 0. The predicted molar refractivity (Wildman–Crippen MR) is 92.5 cm³/mol. The quantitative estimate of drug-likeness (QED) is 0.890. The Morgan fingerprint density at radius 1 is 1.27 bits per heavy atom. The minimum atomic E-state index is -0.627. The molecule has 118 valence electrons. The van der Waals surface area contributed by atoms with Crippen molar-refractivity contribution in [3.63, 3.8) is 0 Å². The molecule has 0 aliphatic heterocycles. The van der Waals surface area contributed by atoms with E-state index in [1.165, 1.54) is 16.9 Å². The number of anilines is 1. The van der Waals surface area contributed by atoms with Crippen LogP contribution in [0.4, 0.5) is 5.69 Å². The smallest absolute Gasteiger partial charge is 0.236 e. The standard InChI is InChI=1S/C17H23N3OS/c1-17(2,16-18-10-12-22-16)15(21)19-14-7-5-13(6-8-14)9-11-20(3)4/h5-8,10,12H,9,11H2,1-4H3,(H,19,21). The Labute approximate surface area is 136 Å². The maximum absolute atomic E-state index is 12.5. The summed E-state index contributed by atoms with van der Waals surface area (Å²) in [6.07, 6.45) is 2.74. The zero-order valence-electron chi connectivity index (χ0n) is 13.6. The van der Waals surface area contributed by atoms with Gasteiger partial charge in [-0.2, -0.15) is 0 Å². The van der Waals surface area contributed by atoms with Gasteiger partial charge >= 0.3 is 0 Å². The number of benzene rings is 1. The molecule has 1 amide bonds. The minimum absolute atomic E-state index is 0.0384. The lowest BCUT2D eigenvalue weighted by Gasteiger charge is -2.21. The zero-order valence-corrected chi connectivity index (χ0v) is 14.4. The van der Waals surface area contributed by atoms with Crippen molar-refractivity contribution in [2.75, 3.05) is 26.0 Å². The maximum Gasteiger partial charge on any atom is 0.236 e. The van der Waals surface area contributed by atoms with E-state index in [0.29, 0.717) is 0 Å². The molecule has 0 atom stereocenters. The van der Waals surface area contributed by atoms with Crippen LogP contribution < -0.4 is 5.32 Å². The molecule has 4 nitrogen and oxygen atoms in total. The number of likely N-dealkylation sites (N-methyl/N-ethyl adjacent to an activating group) is 1. The van der Waals surface area contributed by atoms with E-state index in [-0.39, 0.29) is 5.91 Å². The van der Waals surface area contributed by atoms with Crippen LogP contribution >= 0.6 is 11.3 Å². The van der Waals surface area contributed by atoms with Crippen molar-refractivity contribution in [3.05, 3.63) is 46.4 Å². The van der Waals surface area contributed by atoms with Gasteiger partial charge in [-0.3, -0.25) is 4.79 Å². The van der Waals surface area contributed by atoms with Crippen molar-refractivity contribution in [1.82, 2.24) is 9.88 Å². The normalized spacial score (nSPS) is 11.7. The van der Waals surface area contributed by atoms with Crippen molar-refractivity contribution in [2.45, 2.75) is 25.7 Å². The van der Waals surface area contributed by atoms with Gasteiger partial charge in [-0.15, -0.1) is 11.3 Å². The lowest BCUT2D eigenvalue weighted by atomic mass is 9.93. The topological polar surface area (TPSA) is 45.2 Å². The number of hydrogen-bond acceptors (Lipinski definition) is 4. The summed E-state index contributed by atoms with van der Waals surface area (Å²) in [5.41, 5.74) is 1.46. The van der Waals surface area contributed by atoms with Crippen molar-refractivity contribution in [2.24, 2.45) is 0 Å². The van der Waals surface area contributed by atoms with Crippen LogP contribution in [0.25, 0.3) is 0 Å². The SMILES string of the molecule is CN(C)CCc1ccc(NC(=O)C(C)(C)c2nccs2)cc1. The number of aromatic nitrogens is 1. The number of hydrogen-bond donors (Lipinski definition) is 1. The molecule has 1 aromatic carbocycles. The van der Waals surface area contributed by atoms with Gasteiger partial charge in [-0.25, -0.2) is 4.98 Å². The molecule has 5 heteroatoms. The number of carbonyl (C=O) groups is 1. The van der Waals surface area contributed by atoms with Gasteiger partial charge in [0.15, 0.2) is 0 Å². The zero-order chi connectivity index (χ0) is 16.2. The van der Waals surface area contributed by atoms with Crippen LogP contribution in [0, 0.1) is 0 Å². The largest absolute Gasteiger partial charge is 0.325 e. The Bertz CT molecular complexity index is 603. The Balaban J connectivity index is 2.00. The highest BCUT2D eigenvalue weighted by Gasteiger charge is 2.32. The summed E-state index contributed by atoms with van der Waals surface area (Å²) in [6.45, 7) is 4.81. The van der Waals surface area contributed by atoms with E-state index in [9.17, 15) is 4.79 Å². The van der Waals surface area contributed by atoms with Gasteiger partial charge < -0.3 is 10.2 Å². The summed E-state index contributed by atoms with van der Waals surface area (Å²) in [4.78, 5) is 18.9. The molecule has 2 aromatic rings. The molecule has 1 N–H and O–H groups in total. The lowest BCUT2D eigenvalue weighted by Crippen LogP contribution is -2.34. The van der Waals surface area contributed by atoms with Gasteiger partial charge in [0.05, 0.1) is 5.41 Å². The molecule has 0 bridgehead atoms.